The minimum atomic E-state index is -4.81. The maximum Gasteiger partial charge on any atom is 0.573 e. The second-order valence-electron chi connectivity index (χ2n) is 8.27. The molecule has 2 aliphatic heterocycles. The zero-order chi connectivity index (χ0) is 26.7. The van der Waals surface area contributed by atoms with E-state index in [-0.39, 0.29) is 31.4 Å². The number of para-hydroxylation sites is 1. The van der Waals surface area contributed by atoms with Crippen LogP contribution in [0.15, 0.2) is 77.8 Å². The smallest absolute Gasteiger partial charge is 0.454 e. The molecule has 1 saturated heterocycles. The Labute approximate surface area is 219 Å². The van der Waals surface area contributed by atoms with E-state index >= 15 is 0 Å². The van der Waals surface area contributed by atoms with Crippen molar-refractivity contribution in [3.8, 4) is 17.2 Å². The van der Waals surface area contributed by atoms with Crippen molar-refractivity contribution in [3.63, 3.8) is 0 Å². The molecule has 0 bridgehead atoms. The van der Waals surface area contributed by atoms with Crippen LogP contribution >= 0.6 is 11.8 Å². The van der Waals surface area contributed by atoms with Gasteiger partial charge in [0, 0.05) is 12.1 Å². The van der Waals surface area contributed by atoms with Gasteiger partial charge in [-0.15, -0.1) is 13.2 Å². The van der Waals surface area contributed by atoms with Crippen molar-refractivity contribution in [2.45, 2.75) is 24.6 Å². The van der Waals surface area contributed by atoms with Crippen molar-refractivity contribution < 1.29 is 37.0 Å². The van der Waals surface area contributed by atoms with Crippen LogP contribution in [0, 0.1) is 0 Å². The summed E-state index contributed by atoms with van der Waals surface area (Å²) in [5.41, 5.74) is 1.68. The molecule has 8 nitrogen and oxygen atoms in total. The molecule has 1 N–H and O–H groups in total. The summed E-state index contributed by atoms with van der Waals surface area (Å²) in [6.07, 6.45) is -4.91. The first-order valence-electron chi connectivity index (χ1n) is 11.4. The van der Waals surface area contributed by atoms with Gasteiger partial charge in [-0.2, -0.15) is 0 Å². The van der Waals surface area contributed by atoms with Gasteiger partial charge in [-0.3, -0.25) is 14.5 Å². The lowest BCUT2D eigenvalue weighted by molar-refractivity contribution is -0.274. The van der Waals surface area contributed by atoms with Crippen molar-refractivity contribution in [1.82, 2.24) is 4.90 Å². The number of hydrogen-bond donors (Lipinski definition) is 1. The lowest BCUT2D eigenvalue weighted by atomic mass is 10.1. The van der Waals surface area contributed by atoms with Crippen LogP contribution in [0.5, 0.6) is 17.2 Å². The number of carbonyl (C=O) groups is 2. The van der Waals surface area contributed by atoms with Crippen molar-refractivity contribution in [1.29, 1.82) is 0 Å². The van der Waals surface area contributed by atoms with Crippen LogP contribution in [-0.2, 0) is 16.1 Å². The van der Waals surface area contributed by atoms with Crippen LogP contribution in [0.3, 0.4) is 0 Å². The van der Waals surface area contributed by atoms with Gasteiger partial charge in [-0.05, 0) is 54.1 Å². The molecule has 3 aromatic carbocycles. The molecule has 12 heteroatoms. The summed E-state index contributed by atoms with van der Waals surface area (Å²) in [7, 11) is 0. The molecular formula is C26H20F3N3O5S. The van der Waals surface area contributed by atoms with Gasteiger partial charge >= 0.3 is 6.36 Å². The van der Waals surface area contributed by atoms with E-state index in [9.17, 15) is 22.8 Å². The molecule has 1 fully saturated rings. The van der Waals surface area contributed by atoms with Gasteiger partial charge in [-0.25, -0.2) is 4.99 Å². The summed E-state index contributed by atoms with van der Waals surface area (Å²) in [5.74, 6) is 0.0294. The van der Waals surface area contributed by atoms with E-state index in [1.165, 1.54) is 17.0 Å². The molecule has 0 unspecified atom stereocenters. The normalized spacial score (nSPS) is 18.0. The molecule has 38 heavy (non-hydrogen) atoms. The van der Waals surface area contributed by atoms with Crippen molar-refractivity contribution >= 4 is 40.1 Å². The Balaban J connectivity index is 1.33. The molecule has 0 spiro atoms. The summed E-state index contributed by atoms with van der Waals surface area (Å²) in [4.78, 5) is 32.4. The Bertz CT molecular complexity index is 1370. The molecular weight excluding hydrogens is 523 g/mol. The van der Waals surface area contributed by atoms with Crippen LogP contribution in [0.25, 0.3) is 0 Å². The highest BCUT2D eigenvalue weighted by Gasteiger charge is 2.36. The second-order valence-corrected chi connectivity index (χ2v) is 9.44. The molecule has 0 aliphatic carbocycles. The number of carbonyl (C=O) groups excluding carboxylic acids is 2. The number of thioether (sulfide) groups is 1. The highest BCUT2D eigenvalue weighted by atomic mass is 32.2. The Morgan fingerprint density at radius 3 is 2.53 bits per heavy atom. The van der Waals surface area contributed by atoms with E-state index in [0.29, 0.717) is 22.4 Å². The van der Waals surface area contributed by atoms with Crippen molar-refractivity contribution in [2.75, 3.05) is 12.1 Å². The fourth-order valence-electron chi connectivity index (χ4n) is 3.79. The van der Waals surface area contributed by atoms with E-state index in [1.807, 2.05) is 24.3 Å². The van der Waals surface area contributed by atoms with Gasteiger partial charge in [0.1, 0.15) is 11.0 Å². The number of fused-ring (bicyclic) bond motifs is 1. The molecule has 3 aromatic rings. The quantitative estimate of drug-likeness (QED) is 0.443. The largest absolute Gasteiger partial charge is 0.573 e. The third-order valence-corrected chi connectivity index (χ3v) is 6.73. The number of nitrogens with one attached hydrogen (secondary N) is 1. The monoisotopic (exact) mass is 543 g/mol. The Kier molecular flexibility index (Phi) is 7.14. The number of alkyl halides is 3. The summed E-state index contributed by atoms with van der Waals surface area (Å²) in [6, 6.07) is 19.2. The maximum absolute atomic E-state index is 13.3. The first-order valence-corrected chi connectivity index (χ1v) is 12.3. The number of amides is 2. The molecule has 1 atom stereocenters. The molecule has 2 heterocycles. The fourth-order valence-corrected chi connectivity index (χ4v) is 4.89. The van der Waals surface area contributed by atoms with Crippen LogP contribution in [0.2, 0.25) is 0 Å². The maximum atomic E-state index is 13.3. The van der Waals surface area contributed by atoms with Crippen LogP contribution in [-0.4, -0.2) is 40.3 Å². The number of nitrogens with zero attached hydrogens (tertiary/aromatic N) is 2. The van der Waals surface area contributed by atoms with E-state index in [2.05, 4.69) is 15.0 Å². The number of ether oxygens (including phenoxy) is 3. The molecule has 2 aliphatic rings. The third-order valence-electron chi connectivity index (χ3n) is 5.55. The number of halogens is 3. The summed E-state index contributed by atoms with van der Waals surface area (Å²) < 4.78 is 51.8. The molecule has 2 amide bonds. The van der Waals surface area contributed by atoms with Gasteiger partial charge in [0.2, 0.25) is 18.6 Å². The van der Waals surface area contributed by atoms with E-state index in [1.54, 1.807) is 24.3 Å². The number of hydrogen-bond acceptors (Lipinski definition) is 7. The lowest BCUT2D eigenvalue weighted by Gasteiger charge is -2.32. The van der Waals surface area contributed by atoms with Gasteiger partial charge in [0.05, 0.1) is 12.2 Å². The van der Waals surface area contributed by atoms with Crippen LogP contribution in [0.4, 0.5) is 24.5 Å². The SMILES string of the molecule is O=C(Nc1ccc(OC(F)(F)F)cc1)[C@@H]1CC(=O)N(Cc2ccc3c(c2)OCO3)C(=Nc2ccccc2)S1. The lowest BCUT2D eigenvalue weighted by Crippen LogP contribution is -2.44. The fraction of sp³-hybridized carbons (Fsp3) is 0.192. The summed E-state index contributed by atoms with van der Waals surface area (Å²) in [5, 5.41) is 2.19. The minimum Gasteiger partial charge on any atom is -0.454 e. The highest BCUT2D eigenvalue weighted by molar-refractivity contribution is 8.15. The van der Waals surface area contributed by atoms with Crippen LogP contribution in [0.1, 0.15) is 12.0 Å². The third kappa shape index (κ3) is 6.20. The Morgan fingerprint density at radius 2 is 1.79 bits per heavy atom. The van der Waals surface area contributed by atoms with Gasteiger partial charge in [0.25, 0.3) is 0 Å². The Morgan fingerprint density at radius 1 is 1.05 bits per heavy atom. The topological polar surface area (TPSA) is 89.5 Å². The van der Waals surface area contributed by atoms with Crippen molar-refractivity contribution in [2.24, 2.45) is 4.99 Å². The van der Waals surface area contributed by atoms with E-state index in [4.69, 9.17) is 9.47 Å². The number of anilines is 1. The summed E-state index contributed by atoms with van der Waals surface area (Å²) >= 11 is 1.13. The molecule has 0 radical (unpaired) electrons. The van der Waals surface area contributed by atoms with Gasteiger partial charge in [0.15, 0.2) is 16.7 Å². The van der Waals surface area contributed by atoms with E-state index < -0.39 is 23.3 Å². The highest BCUT2D eigenvalue weighted by Crippen LogP contribution is 2.35. The molecule has 0 aromatic heterocycles. The standard InChI is InChI=1S/C26H20F3N3O5S/c27-26(28,29)37-19-9-7-18(8-10-19)30-24(34)22-13-23(33)32(25(38-22)31-17-4-2-1-3-5-17)14-16-6-11-20-21(12-16)36-15-35-20/h1-12,22H,13-15H2,(H,30,34)/t22-/m0/s1. The average molecular weight is 544 g/mol. The zero-order valence-electron chi connectivity index (χ0n) is 19.6. The second kappa shape index (κ2) is 10.7. The first kappa shape index (κ1) is 25.5. The summed E-state index contributed by atoms with van der Waals surface area (Å²) in [6.45, 7) is 0.343. The van der Waals surface area contributed by atoms with E-state index in [0.717, 1.165) is 29.5 Å². The molecule has 196 valence electrons. The van der Waals surface area contributed by atoms with Gasteiger partial charge in [-0.1, -0.05) is 36.0 Å². The van der Waals surface area contributed by atoms with Crippen molar-refractivity contribution in [3.05, 3.63) is 78.4 Å². The molecule has 0 saturated carbocycles. The van der Waals surface area contributed by atoms with Gasteiger partial charge < -0.3 is 19.5 Å². The first-order chi connectivity index (χ1) is 18.2. The zero-order valence-corrected chi connectivity index (χ0v) is 20.4. The predicted molar refractivity (Wildman–Crippen MR) is 134 cm³/mol. The number of benzene rings is 3. The Hall–Kier alpha value is -4.19. The predicted octanol–water partition coefficient (Wildman–Crippen LogP) is 5.47. The molecule has 5 rings (SSSR count). The van der Waals surface area contributed by atoms with Crippen LogP contribution < -0.4 is 19.5 Å². The number of amidine groups is 1. The minimum absolute atomic E-state index is 0.0931. The number of rotatable bonds is 6. The number of aliphatic imine (C=N–C) groups is 1. The average Bonchev–Trinajstić information content (AvgIpc) is 3.35.